The largest absolute Gasteiger partial charge is 0.366 e. The molecule has 4 rings (SSSR count). The summed E-state index contributed by atoms with van der Waals surface area (Å²) in [5, 5.41) is 0.417. The van der Waals surface area contributed by atoms with Crippen molar-refractivity contribution in [1.82, 2.24) is 9.97 Å². The zero-order valence-corrected chi connectivity index (χ0v) is 15.1. The summed E-state index contributed by atoms with van der Waals surface area (Å²) in [6, 6.07) is 13.8. The molecule has 138 valence electrons. The number of fused-ring (bicyclic) bond motifs is 1. The van der Waals surface area contributed by atoms with Crippen LogP contribution in [-0.2, 0) is 0 Å². The molecule has 0 spiro atoms. The van der Waals surface area contributed by atoms with Crippen molar-refractivity contribution < 1.29 is 14.0 Å². The average molecular weight is 394 g/mol. The molecule has 0 saturated heterocycles. The fraction of sp³-hybridized carbons (Fsp3) is 0. The van der Waals surface area contributed by atoms with Gasteiger partial charge in [-0.1, -0.05) is 41.9 Å². The molecule has 0 aliphatic carbocycles. The quantitative estimate of drug-likeness (QED) is 0.505. The number of hydrogen-bond donors (Lipinski definition) is 2. The summed E-state index contributed by atoms with van der Waals surface area (Å²) in [5.74, 6) is -2.68. The molecule has 4 aromatic rings. The van der Waals surface area contributed by atoms with E-state index in [0.29, 0.717) is 11.0 Å². The fourth-order valence-corrected chi connectivity index (χ4v) is 3.30. The lowest BCUT2D eigenvalue weighted by molar-refractivity contribution is 0.0996. The summed E-state index contributed by atoms with van der Waals surface area (Å²) < 4.78 is 14.7. The van der Waals surface area contributed by atoms with Crippen LogP contribution in [0.3, 0.4) is 0 Å². The van der Waals surface area contributed by atoms with Gasteiger partial charge in [-0.05, 0) is 23.8 Å². The highest BCUT2D eigenvalue weighted by Crippen LogP contribution is 2.30. The Kier molecular flexibility index (Phi) is 4.41. The van der Waals surface area contributed by atoms with Crippen LogP contribution >= 0.6 is 11.6 Å². The van der Waals surface area contributed by atoms with Gasteiger partial charge in [0.2, 0.25) is 0 Å². The van der Waals surface area contributed by atoms with Gasteiger partial charge in [-0.3, -0.25) is 9.59 Å². The van der Waals surface area contributed by atoms with Crippen LogP contribution in [0.4, 0.5) is 4.39 Å². The average Bonchev–Trinajstić information content (AvgIpc) is 3.11. The molecular formula is C21H13ClFN3O2. The van der Waals surface area contributed by atoms with Crippen LogP contribution in [-0.4, -0.2) is 21.7 Å². The molecule has 0 unspecified atom stereocenters. The molecule has 0 radical (unpaired) electrons. The number of ketones is 1. The number of nitrogens with one attached hydrogen (secondary N) is 1. The van der Waals surface area contributed by atoms with Crippen molar-refractivity contribution in [3.8, 4) is 11.1 Å². The Bertz CT molecular complexity index is 1240. The maximum Gasteiger partial charge on any atom is 0.251 e. The van der Waals surface area contributed by atoms with Crippen molar-refractivity contribution in [2.45, 2.75) is 0 Å². The molecule has 7 heteroatoms. The number of benzene rings is 2. The number of nitrogens with zero attached hydrogens (tertiary/aromatic N) is 1. The van der Waals surface area contributed by atoms with Gasteiger partial charge in [-0.2, -0.15) is 0 Å². The first kappa shape index (κ1) is 17.9. The number of rotatable bonds is 4. The van der Waals surface area contributed by atoms with Crippen LogP contribution < -0.4 is 5.73 Å². The zero-order chi connectivity index (χ0) is 19.8. The third-order valence-corrected chi connectivity index (χ3v) is 4.78. The minimum atomic E-state index is -1.04. The molecule has 0 atom stereocenters. The number of amides is 1. The lowest BCUT2D eigenvalue weighted by atomic mass is 9.99. The molecule has 2 aromatic carbocycles. The van der Waals surface area contributed by atoms with E-state index in [4.69, 9.17) is 17.3 Å². The molecule has 0 bridgehead atoms. The van der Waals surface area contributed by atoms with Crippen LogP contribution in [0.5, 0.6) is 0 Å². The van der Waals surface area contributed by atoms with E-state index in [2.05, 4.69) is 9.97 Å². The van der Waals surface area contributed by atoms with Crippen molar-refractivity contribution in [3.05, 3.63) is 88.5 Å². The number of aromatic amines is 1. The summed E-state index contributed by atoms with van der Waals surface area (Å²) in [6.07, 6.45) is 3.13. The summed E-state index contributed by atoms with van der Waals surface area (Å²) in [4.78, 5) is 31.7. The van der Waals surface area contributed by atoms with Crippen molar-refractivity contribution in [1.29, 1.82) is 0 Å². The van der Waals surface area contributed by atoms with E-state index in [9.17, 15) is 14.0 Å². The number of hydrogen-bond acceptors (Lipinski definition) is 3. The molecular weight excluding hydrogens is 381 g/mol. The van der Waals surface area contributed by atoms with Crippen molar-refractivity contribution >= 4 is 34.3 Å². The van der Waals surface area contributed by atoms with E-state index in [-0.39, 0.29) is 10.6 Å². The first-order valence-corrected chi connectivity index (χ1v) is 8.70. The van der Waals surface area contributed by atoms with Gasteiger partial charge in [0.25, 0.3) is 5.91 Å². The standard InChI is InChI=1S/C21H13ClFN3O2/c22-16-7-6-13(20(24)28)18(23)17(16)19(27)15-10-26-21-14(15)8-12(9-25-21)11-4-2-1-3-5-11/h1-10H,(H2,24,28)(H,25,26). The summed E-state index contributed by atoms with van der Waals surface area (Å²) in [7, 11) is 0. The van der Waals surface area contributed by atoms with Crippen LogP contribution in [0.25, 0.3) is 22.2 Å². The maximum atomic E-state index is 14.7. The Hall–Kier alpha value is -3.51. The third-order valence-electron chi connectivity index (χ3n) is 4.47. The highest BCUT2D eigenvalue weighted by atomic mass is 35.5. The number of carbonyl (C=O) groups excluding carboxylic acids is 2. The van der Waals surface area contributed by atoms with Crippen LogP contribution in [0.15, 0.2) is 60.9 Å². The first-order chi connectivity index (χ1) is 13.5. The number of pyridine rings is 1. The van der Waals surface area contributed by atoms with E-state index in [1.54, 1.807) is 12.3 Å². The Morgan fingerprint density at radius 2 is 1.79 bits per heavy atom. The molecule has 0 aliphatic rings. The second-order valence-corrected chi connectivity index (χ2v) is 6.57. The predicted octanol–water partition coefficient (Wildman–Crippen LogP) is 4.35. The van der Waals surface area contributed by atoms with Gasteiger partial charge < -0.3 is 10.7 Å². The van der Waals surface area contributed by atoms with E-state index in [1.807, 2.05) is 30.3 Å². The van der Waals surface area contributed by atoms with E-state index in [0.717, 1.165) is 17.2 Å². The van der Waals surface area contributed by atoms with Gasteiger partial charge in [-0.15, -0.1) is 0 Å². The van der Waals surface area contributed by atoms with E-state index in [1.165, 1.54) is 12.3 Å². The van der Waals surface area contributed by atoms with Gasteiger partial charge in [-0.25, -0.2) is 9.37 Å². The van der Waals surface area contributed by atoms with Crippen LogP contribution in [0, 0.1) is 5.82 Å². The predicted molar refractivity (Wildman–Crippen MR) is 105 cm³/mol. The Labute approximate surface area is 164 Å². The van der Waals surface area contributed by atoms with Crippen LogP contribution in [0.2, 0.25) is 5.02 Å². The van der Waals surface area contributed by atoms with Gasteiger partial charge in [0.05, 0.1) is 16.1 Å². The topological polar surface area (TPSA) is 88.8 Å². The van der Waals surface area contributed by atoms with E-state index >= 15 is 0 Å². The molecule has 0 fully saturated rings. The number of aromatic nitrogens is 2. The second kappa shape index (κ2) is 6.90. The van der Waals surface area contributed by atoms with E-state index < -0.39 is 28.6 Å². The van der Waals surface area contributed by atoms with Gasteiger partial charge in [0.1, 0.15) is 11.5 Å². The monoisotopic (exact) mass is 393 g/mol. The van der Waals surface area contributed by atoms with Crippen molar-refractivity contribution in [2.24, 2.45) is 5.73 Å². The lowest BCUT2D eigenvalue weighted by Crippen LogP contribution is -2.16. The smallest absolute Gasteiger partial charge is 0.251 e. The minimum Gasteiger partial charge on any atom is -0.366 e. The first-order valence-electron chi connectivity index (χ1n) is 8.32. The summed E-state index contributed by atoms with van der Waals surface area (Å²) in [6.45, 7) is 0. The molecule has 0 saturated carbocycles. The second-order valence-electron chi connectivity index (χ2n) is 6.17. The number of nitrogens with two attached hydrogens (primary N) is 1. The lowest BCUT2D eigenvalue weighted by Gasteiger charge is -2.08. The highest BCUT2D eigenvalue weighted by molar-refractivity contribution is 6.35. The number of halogens is 2. The molecule has 1 amide bonds. The molecule has 2 heterocycles. The van der Waals surface area contributed by atoms with Gasteiger partial charge in [0, 0.05) is 28.9 Å². The molecule has 28 heavy (non-hydrogen) atoms. The minimum absolute atomic E-state index is 0.103. The van der Waals surface area contributed by atoms with Gasteiger partial charge >= 0.3 is 0 Å². The Balaban J connectivity index is 1.87. The third kappa shape index (κ3) is 2.93. The molecule has 0 aliphatic heterocycles. The van der Waals surface area contributed by atoms with Crippen molar-refractivity contribution in [2.75, 3.05) is 0 Å². The normalized spacial score (nSPS) is 10.9. The van der Waals surface area contributed by atoms with Crippen LogP contribution in [0.1, 0.15) is 26.3 Å². The number of primary amides is 1. The number of carbonyl (C=O) groups is 2. The van der Waals surface area contributed by atoms with Crippen molar-refractivity contribution in [3.63, 3.8) is 0 Å². The fourth-order valence-electron chi connectivity index (χ4n) is 3.07. The zero-order valence-electron chi connectivity index (χ0n) is 14.4. The van der Waals surface area contributed by atoms with Gasteiger partial charge in [0.15, 0.2) is 5.78 Å². The Morgan fingerprint density at radius 1 is 1.04 bits per heavy atom. The summed E-state index contributed by atoms with van der Waals surface area (Å²) >= 11 is 6.06. The summed E-state index contributed by atoms with van der Waals surface area (Å²) in [5.41, 5.74) is 6.79. The molecule has 5 nitrogen and oxygen atoms in total. The molecule has 2 aromatic heterocycles. The highest BCUT2D eigenvalue weighted by Gasteiger charge is 2.25. The SMILES string of the molecule is NC(=O)c1ccc(Cl)c(C(=O)c2c[nH]c3ncc(-c4ccccc4)cc23)c1F. The molecule has 3 N–H and O–H groups in total. The Morgan fingerprint density at radius 3 is 2.50 bits per heavy atom. The number of H-pyrrole nitrogens is 1. The maximum absolute atomic E-state index is 14.7.